The van der Waals surface area contributed by atoms with Crippen LogP contribution < -0.4 is 0 Å². The molecular weight excluding hydrogens is 483 g/mol. The van der Waals surface area contributed by atoms with Crippen molar-refractivity contribution in [2.45, 2.75) is 77.4 Å². The van der Waals surface area contributed by atoms with Gasteiger partial charge >= 0.3 is 12.1 Å². The van der Waals surface area contributed by atoms with Crippen molar-refractivity contribution in [2.24, 2.45) is 17.3 Å². The van der Waals surface area contributed by atoms with Gasteiger partial charge in [0.15, 0.2) is 0 Å². The Kier molecular flexibility index (Phi) is 4.76. The number of aryl methyl sites for hydroxylation is 2. The number of hydrogen-bond acceptors (Lipinski definition) is 4. The molecule has 2 aliphatic heterocycles. The number of rotatable bonds is 2. The van der Waals surface area contributed by atoms with Crippen molar-refractivity contribution in [2.75, 3.05) is 0 Å². The van der Waals surface area contributed by atoms with E-state index in [1.807, 2.05) is 38.1 Å². The molecule has 0 N–H and O–H groups in total. The van der Waals surface area contributed by atoms with Gasteiger partial charge in [-0.2, -0.15) is 13.2 Å². The molecule has 1 saturated carbocycles. The van der Waals surface area contributed by atoms with Gasteiger partial charge in [-0.15, -0.1) is 0 Å². The molecule has 9 heteroatoms. The molecule has 6 nitrogen and oxygen atoms in total. The predicted octanol–water partition coefficient (Wildman–Crippen LogP) is 4.93. The van der Waals surface area contributed by atoms with Crippen molar-refractivity contribution in [3.63, 3.8) is 0 Å². The van der Waals surface area contributed by atoms with Crippen molar-refractivity contribution in [3.05, 3.63) is 64.8 Å². The number of pyridine rings is 1. The molecule has 2 aromatic rings. The molecule has 2 aromatic heterocycles. The van der Waals surface area contributed by atoms with Crippen LogP contribution in [-0.4, -0.2) is 37.5 Å². The minimum absolute atomic E-state index is 0.00270. The zero-order valence-corrected chi connectivity index (χ0v) is 21.5. The average molecular weight is 514 g/mol. The van der Waals surface area contributed by atoms with Crippen LogP contribution in [-0.2, 0) is 33.5 Å². The van der Waals surface area contributed by atoms with Gasteiger partial charge in [-0.3, -0.25) is 14.6 Å². The summed E-state index contributed by atoms with van der Waals surface area (Å²) in [4.78, 5) is 33.4. The highest BCUT2D eigenvalue weighted by Crippen LogP contribution is 2.74. The molecule has 4 aliphatic rings. The van der Waals surface area contributed by atoms with Crippen LogP contribution >= 0.6 is 0 Å². The Hall–Kier alpha value is -3.10. The second-order valence-electron chi connectivity index (χ2n) is 12.0. The van der Waals surface area contributed by atoms with Crippen LogP contribution in [0.15, 0.2) is 36.5 Å². The van der Waals surface area contributed by atoms with E-state index < -0.39 is 34.2 Å². The zero-order valence-electron chi connectivity index (χ0n) is 21.5. The van der Waals surface area contributed by atoms with E-state index in [9.17, 15) is 22.8 Å². The van der Waals surface area contributed by atoms with Gasteiger partial charge in [-0.25, -0.2) is 0 Å². The zero-order chi connectivity index (χ0) is 26.7. The summed E-state index contributed by atoms with van der Waals surface area (Å²) in [5.74, 6) is -1.37. The van der Waals surface area contributed by atoms with Gasteiger partial charge in [0.25, 0.3) is 0 Å². The lowest BCUT2D eigenvalue weighted by Gasteiger charge is -2.37. The molecule has 3 unspecified atom stereocenters. The van der Waals surface area contributed by atoms with Crippen LogP contribution in [0.2, 0.25) is 0 Å². The molecule has 0 aromatic carbocycles. The summed E-state index contributed by atoms with van der Waals surface area (Å²) in [5, 5.41) is 0. The number of amides is 1. The van der Waals surface area contributed by atoms with Crippen molar-refractivity contribution in [1.29, 1.82) is 0 Å². The van der Waals surface area contributed by atoms with Crippen molar-refractivity contribution in [1.82, 2.24) is 14.5 Å². The summed E-state index contributed by atoms with van der Waals surface area (Å²) in [6.07, 6.45) is 1.06. The molecule has 4 heterocycles. The highest BCUT2D eigenvalue weighted by Gasteiger charge is 2.85. The lowest BCUT2D eigenvalue weighted by atomic mass is 9.80. The number of hydrogen-bond donors (Lipinski definition) is 0. The Bertz CT molecular complexity index is 1350. The highest BCUT2D eigenvalue weighted by molar-refractivity contribution is 5.97. The molecule has 2 fully saturated rings. The van der Waals surface area contributed by atoms with E-state index in [0.717, 1.165) is 23.7 Å². The monoisotopic (exact) mass is 513 g/mol. The van der Waals surface area contributed by atoms with Crippen LogP contribution in [0.4, 0.5) is 13.2 Å². The molecule has 196 valence electrons. The Balaban J connectivity index is 1.42. The van der Waals surface area contributed by atoms with E-state index in [1.165, 1.54) is 0 Å². The highest BCUT2D eigenvalue weighted by atomic mass is 19.4. The summed E-state index contributed by atoms with van der Waals surface area (Å²) in [7, 11) is 0. The quantitative estimate of drug-likeness (QED) is 0.422. The van der Waals surface area contributed by atoms with E-state index in [0.29, 0.717) is 17.7 Å². The Morgan fingerprint density at radius 1 is 1.16 bits per heavy atom. The third-order valence-electron chi connectivity index (χ3n) is 8.65. The van der Waals surface area contributed by atoms with Crippen LogP contribution in [0.3, 0.4) is 0 Å². The Labute approximate surface area is 213 Å². The number of allylic oxidation sites excluding steroid dienone is 1. The van der Waals surface area contributed by atoms with Crippen LogP contribution in [0.1, 0.15) is 61.4 Å². The first-order valence-electron chi connectivity index (χ1n) is 12.6. The van der Waals surface area contributed by atoms with Gasteiger partial charge in [-0.05, 0) is 64.8 Å². The molecule has 1 amide bonds. The second kappa shape index (κ2) is 7.26. The van der Waals surface area contributed by atoms with Gasteiger partial charge in [0.2, 0.25) is 5.91 Å². The van der Waals surface area contributed by atoms with Crippen LogP contribution in [0, 0.1) is 31.1 Å². The fraction of sp³-hybridized carbons (Fsp3) is 0.536. The molecule has 1 saturated heterocycles. The molecule has 5 atom stereocenters. The molecule has 37 heavy (non-hydrogen) atoms. The first-order valence-corrected chi connectivity index (χ1v) is 12.6. The van der Waals surface area contributed by atoms with E-state index in [-0.39, 0.29) is 36.8 Å². The molecule has 6 rings (SSSR count). The largest absolute Gasteiger partial charge is 0.460 e. The second-order valence-corrected chi connectivity index (χ2v) is 12.0. The minimum Gasteiger partial charge on any atom is -0.460 e. The maximum absolute atomic E-state index is 14.1. The number of ether oxygens (including phenoxy) is 1. The lowest BCUT2D eigenvalue weighted by Crippen LogP contribution is -2.49. The summed E-state index contributed by atoms with van der Waals surface area (Å²) in [6, 6.07) is 5.12. The number of carbonyl (C=O) groups is 2. The van der Waals surface area contributed by atoms with Gasteiger partial charge in [0.1, 0.15) is 5.60 Å². The van der Waals surface area contributed by atoms with Crippen molar-refractivity contribution >= 4 is 11.9 Å². The first-order chi connectivity index (χ1) is 17.2. The third-order valence-corrected chi connectivity index (χ3v) is 8.65. The first kappa shape index (κ1) is 24.2. The van der Waals surface area contributed by atoms with Gasteiger partial charge < -0.3 is 14.2 Å². The van der Waals surface area contributed by atoms with Gasteiger partial charge in [-0.1, -0.05) is 12.2 Å². The number of aromatic nitrogens is 2. The fourth-order valence-corrected chi connectivity index (χ4v) is 7.28. The maximum atomic E-state index is 14.1. The minimum atomic E-state index is -4.53. The topological polar surface area (TPSA) is 64.4 Å². The van der Waals surface area contributed by atoms with Gasteiger partial charge in [0, 0.05) is 42.2 Å². The van der Waals surface area contributed by atoms with E-state index in [1.54, 1.807) is 25.7 Å². The normalized spacial score (nSPS) is 31.9. The number of nitrogens with zero attached hydrogens (tertiary/aromatic N) is 3. The summed E-state index contributed by atoms with van der Waals surface area (Å²) in [5.41, 5.74) is -0.221. The Morgan fingerprint density at radius 3 is 2.46 bits per heavy atom. The number of piperidine rings is 1. The standard InChI is InChI=1S/C28H30F3N3O3/c1-15-6-7-16(2)34(15)19-8-9-26(11-19)22-21(23(35)37-25(3,4)5)27(22)12-20-17(14-33(27)24(26)36)10-18(13-32-20)28(29,30)31/h6-10,13,19,21-22H,11-12,14H2,1-5H3/t19-,21?,22?,26+,27?/m1/s1. The lowest BCUT2D eigenvalue weighted by molar-refractivity contribution is -0.160. The maximum Gasteiger partial charge on any atom is 0.417 e. The molecular formula is C28H30F3N3O3. The third kappa shape index (κ3) is 3.28. The number of esters is 1. The molecule has 0 bridgehead atoms. The molecule has 2 aliphatic carbocycles. The number of halogens is 3. The van der Waals surface area contributed by atoms with E-state index in [4.69, 9.17) is 4.74 Å². The van der Waals surface area contributed by atoms with Crippen molar-refractivity contribution < 1.29 is 27.5 Å². The summed E-state index contributed by atoms with van der Waals surface area (Å²) in [6.45, 7) is 9.46. The predicted molar refractivity (Wildman–Crippen MR) is 128 cm³/mol. The van der Waals surface area contributed by atoms with Crippen LogP contribution in [0.25, 0.3) is 0 Å². The molecule has 2 spiro atoms. The van der Waals surface area contributed by atoms with Crippen molar-refractivity contribution in [3.8, 4) is 0 Å². The SMILES string of the molecule is Cc1ccc(C)n1[C@@H]1C=C[C@@]2(C1)C(=O)N1Cc3cc(C(F)(F)F)cnc3CC13C(C(=O)OC(C)(C)C)C32. The number of carbonyl (C=O) groups excluding carboxylic acids is 2. The van der Waals surface area contributed by atoms with E-state index >= 15 is 0 Å². The van der Waals surface area contributed by atoms with Gasteiger partial charge in [0.05, 0.1) is 28.5 Å². The van der Waals surface area contributed by atoms with E-state index in [2.05, 4.69) is 9.55 Å². The number of alkyl halides is 3. The number of fused-ring (bicyclic) bond motifs is 2. The Morgan fingerprint density at radius 2 is 1.84 bits per heavy atom. The molecule has 0 radical (unpaired) electrons. The summed E-state index contributed by atoms with van der Waals surface area (Å²) < 4.78 is 48.2. The smallest absolute Gasteiger partial charge is 0.417 e. The average Bonchev–Trinajstić information content (AvgIpc) is 3.01. The summed E-state index contributed by atoms with van der Waals surface area (Å²) >= 11 is 0. The van der Waals surface area contributed by atoms with Crippen LogP contribution in [0.5, 0.6) is 0 Å². The fourth-order valence-electron chi connectivity index (χ4n) is 7.28.